The van der Waals surface area contributed by atoms with Crippen molar-refractivity contribution in [2.24, 2.45) is 11.7 Å². The number of aryl methyl sites for hydroxylation is 1. The predicted octanol–water partition coefficient (Wildman–Crippen LogP) is 2.08. The molecule has 1 fully saturated rings. The van der Waals surface area contributed by atoms with Crippen LogP contribution in [0.4, 0.5) is 11.4 Å². The van der Waals surface area contributed by atoms with E-state index in [9.17, 15) is 10.1 Å². The summed E-state index contributed by atoms with van der Waals surface area (Å²) >= 11 is 0. The van der Waals surface area contributed by atoms with Gasteiger partial charge in [0.2, 0.25) is 0 Å². The van der Waals surface area contributed by atoms with E-state index in [1.807, 2.05) is 13.0 Å². The van der Waals surface area contributed by atoms with E-state index < -0.39 is 0 Å². The van der Waals surface area contributed by atoms with Crippen molar-refractivity contribution in [2.45, 2.75) is 26.3 Å². The molecule has 2 unspecified atom stereocenters. The fourth-order valence-electron chi connectivity index (χ4n) is 2.64. The zero-order valence-corrected chi connectivity index (χ0v) is 10.8. The zero-order valence-electron chi connectivity index (χ0n) is 10.8. The largest absolute Gasteiger partial charge is 0.370 e. The van der Waals surface area contributed by atoms with Crippen LogP contribution < -0.4 is 10.6 Å². The van der Waals surface area contributed by atoms with Crippen LogP contribution in [0.1, 0.15) is 18.9 Å². The molecule has 0 aromatic heterocycles. The van der Waals surface area contributed by atoms with Gasteiger partial charge in [-0.3, -0.25) is 10.1 Å². The molecule has 1 saturated heterocycles. The lowest BCUT2D eigenvalue weighted by Crippen LogP contribution is -2.46. The number of nitrogens with two attached hydrogens (primary N) is 1. The van der Waals surface area contributed by atoms with Crippen LogP contribution in [0.25, 0.3) is 0 Å². The van der Waals surface area contributed by atoms with Crippen LogP contribution in [0.15, 0.2) is 18.2 Å². The molecule has 1 heterocycles. The third kappa shape index (κ3) is 2.79. The molecule has 98 valence electrons. The molecule has 1 aliphatic heterocycles. The number of non-ortho nitro benzene ring substituents is 1. The first-order valence-corrected chi connectivity index (χ1v) is 6.22. The lowest BCUT2D eigenvalue weighted by atomic mass is 9.96. The quantitative estimate of drug-likeness (QED) is 0.643. The highest BCUT2D eigenvalue weighted by Crippen LogP contribution is 2.27. The summed E-state index contributed by atoms with van der Waals surface area (Å²) in [5.74, 6) is 0.522. The van der Waals surface area contributed by atoms with E-state index in [2.05, 4.69) is 11.8 Å². The van der Waals surface area contributed by atoms with Gasteiger partial charge in [0.05, 0.1) is 4.92 Å². The van der Waals surface area contributed by atoms with Crippen molar-refractivity contribution in [1.82, 2.24) is 0 Å². The first-order chi connectivity index (χ1) is 8.45. The Bertz CT molecular complexity index is 452. The van der Waals surface area contributed by atoms with Gasteiger partial charge in [0.15, 0.2) is 0 Å². The molecule has 18 heavy (non-hydrogen) atoms. The molecule has 0 radical (unpaired) electrons. The molecule has 2 atom stereocenters. The molecular weight excluding hydrogens is 230 g/mol. The number of nitro benzene ring substituents is 1. The number of nitrogens with zero attached hydrogens (tertiary/aromatic N) is 2. The fourth-order valence-corrected chi connectivity index (χ4v) is 2.64. The smallest absolute Gasteiger partial charge is 0.271 e. The molecule has 1 aliphatic rings. The van der Waals surface area contributed by atoms with Crippen molar-refractivity contribution in [3.05, 3.63) is 33.9 Å². The van der Waals surface area contributed by atoms with E-state index in [4.69, 9.17) is 5.73 Å². The van der Waals surface area contributed by atoms with Gasteiger partial charge in [0, 0.05) is 37.0 Å². The van der Waals surface area contributed by atoms with Crippen LogP contribution >= 0.6 is 0 Å². The van der Waals surface area contributed by atoms with Crippen LogP contribution in [0.5, 0.6) is 0 Å². The summed E-state index contributed by atoms with van der Waals surface area (Å²) in [7, 11) is 0. The maximum atomic E-state index is 10.9. The molecule has 0 spiro atoms. The Labute approximate surface area is 107 Å². The van der Waals surface area contributed by atoms with Crippen LogP contribution in [-0.2, 0) is 0 Å². The monoisotopic (exact) mass is 249 g/mol. The molecule has 0 saturated carbocycles. The van der Waals surface area contributed by atoms with E-state index >= 15 is 0 Å². The van der Waals surface area contributed by atoms with Gasteiger partial charge in [-0.15, -0.1) is 0 Å². The molecule has 2 rings (SSSR count). The van der Waals surface area contributed by atoms with Crippen LogP contribution in [0.2, 0.25) is 0 Å². The third-order valence-electron chi connectivity index (χ3n) is 3.31. The van der Waals surface area contributed by atoms with Crippen molar-refractivity contribution in [2.75, 3.05) is 18.0 Å². The topological polar surface area (TPSA) is 72.4 Å². The van der Waals surface area contributed by atoms with Gasteiger partial charge in [0.1, 0.15) is 0 Å². The highest BCUT2D eigenvalue weighted by Gasteiger charge is 2.23. The van der Waals surface area contributed by atoms with Crippen molar-refractivity contribution >= 4 is 11.4 Å². The lowest BCUT2D eigenvalue weighted by Gasteiger charge is -2.36. The first kappa shape index (κ1) is 12.8. The summed E-state index contributed by atoms with van der Waals surface area (Å²) in [5.41, 5.74) is 7.98. The lowest BCUT2D eigenvalue weighted by molar-refractivity contribution is -0.384. The van der Waals surface area contributed by atoms with Crippen molar-refractivity contribution < 1.29 is 4.92 Å². The number of nitro groups is 1. The Kier molecular flexibility index (Phi) is 3.52. The van der Waals surface area contributed by atoms with Gasteiger partial charge in [-0.1, -0.05) is 6.92 Å². The van der Waals surface area contributed by atoms with E-state index in [-0.39, 0.29) is 16.7 Å². The van der Waals surface area contributed by atoms with Gasteiger partial charge in [0.25, 0.3) is 5.69 Å². The van der Waals surface area contributed by atoms with Gasteiger partial charge >= 0.3 is 0 Å². The number of rotatable bonds is 2. The summed E-state index contributed by atoms with van der Waals surface area (Å²) in [6.07, 6.45) is 1.02. The summed E-state index contributed by atoms with van der Waals surface area (Å²) in [4.78, 5) is 12.7. The first-order valence-electron chi connectivity index (χ1n) is 6.22. The zero-order chi connectivity index (χ0) is 13.3. The molecular formula is C13H19N3O2. The maximum Gasteiger partial charge on any atom is 0.271 e. The van der Waals surface area contributed by atoms with Crippen molar-refractivity contribution in [1.29, 1.82) is 0 Å². The minimum atomic E-state index is -0.343. The third-order valence-corrected chi connectivity index (χ3v) is 3.31. The Morgan fingerprint density at radius 3 is 2.72 bits per heavy atom. The average Bonchev–Trinajstić information content (AvgIpc) is 2.26. The molecule has 0 amide bonds. The Balaban J connectivity index is 2.29. The van der Waals surface area contributed by atoms with E-state index in [0.717, 1.165) is 30.8 Å². The summed E-state index contributed by atoms with van der Waals surface area (Å²) in [6, 6.07) is 5.36. The van der Waals surface area contributed by atoms with Crippen LogP contribution in [0.3, 0.4) is 0 Å². The highest BCUT2D eigenvalue weighted by molar-refractivity contribution is 5.56. The molecule has 5 heteroatoms. The predicted molar refractivity (Wildman–Crippen MR) is 71.8 cm³/mol. The van der Waals surface area contributed by atoms with Gasteiger partial charge in [-0.25, -0.2) is 0 Å². The Morgan fingerprint density at radius 2 is 2.11 bits per heavy atom. The Morgan fingerprint density at radius 1 is 1.39 bits per heavy atom. The average molecular weight is 249 g/mol. The molecule has 2 N–H and O–H groups in total. The minimum Gasteiger partial charge on any atom is -0.370 e. The second-order valence-electron chi connectivity index (χ2n) is 5.29. The number of hydrogen-bond donors (Lipinski definition) is 1. The highest BCUT2D eigenvalue weighted by atomic mass is 16.6. The molecule has 0 bridgehead atoms. The number of anilines is 1. The fraction of sp³-hybridized carbons (Fsp3) is 0.538. The Hall–Kier alpha value is -1.62. The SMILES string of the molecule is Cc1cc(N2CC(C)CC(N)C2)cc([N+](=O)[O-])c1. The van der Waals surface area contributed by atoms with Gasteiger partial charge in [-0.05, 0) is 30.9 Å². The normalized spacial score (nSPS) is 24.1. The second-order valence-corrected chi connectivity index (χ2v) is 5.29. The molecule has 0 aliphatic carbocycles. The summed E-state index contributed by atoms with van der Waals surface area (Å²) in [6.45, 7) is 5.72. The molecule has 1 aromatic rings. The van der Waals surface area contributed by atoms with E-state index in [0.29, 0.717) is 5.92 Å². The van der Waals surface area contributed by atoms with Crippen LogP contribution in [0, 0.1) is 23.0 Å². The summed E-state index contributed by atoms with van der Waals surface area (Å²) < 4.78 is 0. The van der Waals surface area contributed by atoms with E-state index in [1.54, 1.807) is 12.1 Å². The maximum absolute atomic E-state index is 10.9. The van der Waals surface area contributed by atoms with Crippen molar-refractivity contribution in [3.63, 3.8) is 0 Å². The minimum absolute atomic E-state index is 0.147. The van der Waals surface area contributed by atoms with Gasteiger partial charge < -0.3 is 10.6 Å². The number of piperidine rings is 1. The van der Waals surface area contributed by atoms with E-state index in [1.165, 1.54) is 0 Å². The molecule has 1 aromatic carbocycles. The second kappa shape index (κ2) is 4.94. The van der Waals surface area contributed by atoms with Crippen molar-refractivity contribution in [3.8, 4) is 0 Å². The number of benzene rings is 1. The number of hydrogen-bond acceptors (Lipinski definition) is 4. The standard InChI is InChI=1S/C13H19N3O2/c1-9-4-12(6-13(5-9)16(17)18)15-7-10(2)3-11(14)8-15/h4-6,10-11H,3,7-8,14H2,1-2H3. The molecule has 5 nitrogen and oxygen atoms in total. The van der Waals surface area contributed by atoms with Crippen LogP contribution in [-0.4, -0.2) is 24.1 Å². The van der Waals surface area contributed by atoms with Gasteiger partial charge in [-0.2, -0.15) is 0 Å². The summed E-state index contributed by atoms with van der Waals surface area (Å²) in [5, 5.41) is 10.9.